The van der Waals surface area contributed by atoms with E-state index >= 15 is 0 Å². The van der Waals surface area contributed by atoms with Crippen molar-refractivity contribution in [2.75, 3.05) is 16.8 Å². The van der Waals surface area contributed by atoms with Crippen molar-refractivity contribution >= 4 is 57.1 Å². The van der Waals surface area contributed by atoms with Crippen molar-refractivity contribution in [3.63, 3.8) is 0 Å². The number of nitrogens with one attached hydrogen (secondary N) is 2. The predicted molar refractivity (Wildman–Crippen MR) is 137 cm³/mol. The quantitative estimate of drug-likeness (QED) is 0.313. The van der Waals surface area contributed by atoms with Crippen LogP contribution in [0.4, 0.5) is 16.2 Å². The van der Waals surface area contributed by atoms with E-state index in [-0.39, 0.29) is 29.5 Å². The standard InChI is InChI=1S/C26H20BrN3O6/c1-15-3-2-4-17(11-15)28-23(32)14-36-22-10-5-16(13-21(22)27)12-20-24(33)29-26(35)30(25(20)34)18-6-8-19(31)9-7-18/h2-13,31H,14H2,1H3,(H,28,32)(H,29,33,35)/b20-12+. The van der Waals surface area contributed by atoms with Gasteiger partial charge in [0.2, 0.25) is 0 Å². The second-order valence-corrected chi connectivity index (χ2v) is 8.72. The molecule has 3 aromatic rings. The first-order valence-electron chi connectivity index (χ1n) is 10.7. The number of imide groups is 2. The second-order valence-electron chi connectivity index (χ2n) is 7.87. The number of phenols is 1. The van der Waals surface area contributed by atoms with Gasteiger partial charge in [0, 0.05) is 5.69 Å². The molecule has 1 heterocycles. The molecular formula is C26H20BrN3O6. The molecule has 0 atom stereocenters. The average Bonchev–Trinajstić information content (AvgIpc) is 2.82. The first kappa shape index (κ1) is 24.7. The highest BCUT2D eigenvalue weighted by atomic mass is 79.9. The third-order valence-electron chi connectivity index (χ3n) is 5.14. The maximum atomic E-state index is 13.0. The Balaban J connectivity index is 1.47. The number of anilines is 2. The highest BCUT2D eigenvalue weighted by molar-refractivity contribution is 9.10. The molecule has 0 bridgehead atoms. The largest absolute Gasteiger partial charge is 0.508 e. The van der Waals surface area contributed by atoms with Gasteiger partial charge in [0.1, 0.15) is 17.1 Å². The van der Waals surface area contributed by atoms with Crippen LogP contribution in [0.2, 0.25) is 0 Å². The Hall–Kier alpha value is -4.44. The first-order valence-corrected chi connectivity index (χ1v) is 11.5. The fraction of sp³-hybridized carbons (Fsp3) is 0.0769. The number of barbiturate groups is 1. The number of nitrogens with zero attached hydrogens (tertiary/aromatic N) is 1. The normalized spacial score (nSPS) is 14.6. The van der Waals surface area contributed by atoms with Crippen molar-refractivity contribution in [3.05, 3.63) is 87.9 Å². The van der Waals surface area contributed by atoms with E-state index in [9.17, 15) is 24.3 Å². The maximum Gasteiger partial charge on any atom is 0.335 e. The molecule has 1 fully saturated rings. The van der Waals surface area contributed by atoms with Crippen LogP contribution < -0.4 is 20.3 Å². The molecule has 0 radical (unpaired) electrons. The van der Waals surface area contributed by atoms with E-state index in [4.69, 9.17) is 4.74 Å². The van der Waals surface area contributed by atoms with Crippen molar-refractivity contribution in [3.8, 4) is 11.5 Å². The third kappa shape index (κ3) is 5.61. The minimum Gasteiger partial charge on any atom is -0.508 e. The van der Waals surface area contributed by atoms with E-state index in [2.05, 4.69) is 26.6 Å². The lowest BCUT2D eigenvalue weighted by Gasteiger charge is -2.26. The van der Waals surface area contributed by atoms with Crippen LogP contribution in [0.25, 0.3) is 6.08 Å². The number of aryl methyl sites for hydroxylation is 1. The van der Waals surface area contributed by atoms with Gasteiger partial charge in [-0.25, -0.2) is 9.69 Å². The highest BCUT2D eigenvalue weighted by Gasteiger charge is 2.36. The summed E-state index contributed by atoms with van der Waals surface area (Å²) in [5.41, 5.74) is 2.11. The van der Waals surface area contributed by atoms with Crippen LogP contribution in [0, 0.1) is 6.92 Å². The summed E-state index contributed by atoms with van der Waals surface area (Å²) in [6, 6.07) is 16.7. The second kappa shape index (κ2) is 10.4. The van der Waals surface area contributed by atoms with Gasteiger partial charge in [0.25, 0.3) is 17.7 Å². The van der Waals surface area contributed by atoms with Gasteiger partial charge in [0.15, 0.2) is 6.61 Å². The molecule has 1 aliphatic rings. The van der Waals surface area contributed by atoms with Gasteiger partial charge in [-0.2, -0.15) is 0 Å². The lowest BCUT2D eigenvalue weighted by Crippen LogP contribution is -2.54. The molecule has 0 unspecified atom stereocenters. The van der Waals surface area contributed by atoms with Crippen LogP contribution in [0.1, 0.15) is 11.1 Å². The lowest BCUT2D eigenvalue weighted by molar-refractivity contribution is -0.122. The van der Waals surface area contributed by atoms with Gasteiger partial charge < -0.3 is 15.2 Å². The number of hydrogen-bond donors (Lipinski definition) is 3. The number of benzene rings is 3. The number of hydrogen-bond acceptors (Lipinski definition) is 6. The number of carbonyl (C=O) groups is 4. The highest BCUT2D eigenvalue weighted by Crippen LogP contribution is 2.28. The molecule has 0 saturated carbocycles. The topological polar surface area (TPSA) is 125 Å². The molecule has 1 aliphatic heterocycles. The van der Waals surface area contributed by atoms with Crippen molar-refractivity contribution < 1.29 is 29.0 Å². The number of aromatic hydroxyl groups is 1. The predicted octanol–water partition coefficient (Wildman–Crippen LogP) is 4.15. The number of halogens is 1. The van der Waals surface area contributed by atoms with Gasteiger partial charge in [-0.15, -0.1) is 0 Å². The summed E-state index contributed by atoms with van der Waals surface area (Å²) in [6.45, 7) is 1.70. The molecule has 5 amide bonds. The molecule has 182 valence electrons. The molecule has 9 nitrogen and oxygen atoms in total. The first-order chi connectivity index (χ1) is 17.2. The van der Waals surface area contributed by atoms with Crippen LogP contribution in [-0.4, -0.2) is 35.5 Å². The van der Waals surface area contributed by atoms with Crippen molar-refractivity contribution in [1.29, 1.82) is 0 Å². The molecule has 10 heteroatoms. The molecule has 3 aromatic carbocycles. The summed E-state index contributed by atoms with van der Waals surface area (Å²) in [5.74, 6) is -1.61. The lowest BCUT2D eigenvalue weighted by atomic mass is 10.1. The van der Waals surface area contributed by atoms with E-state index in [0.29, 0.717) is 21.5 Å². The van der Waals surface area contributed by atoms with E-state index in [1.54, 1.807) is 24.3 Å². The molecule has 0 aliphatic carbocycles. The van der Waals surface area contributed by atoms with Crippen LogP contribution in [0.3, 0.4) is 0 Å². The van der Waals surface area contributed by atoms with Gasteiger partial charge in [-0.3, -0.25) is 19.7 Å². The summed E-state index contributed by atoms with van der Waals surface area (Å²) < 4.78 is 6.08. The van der Waals surface area contributed by atoms with Crippen LogP contribution in [0.15, 0.2) is 76.8 Å². The minimum atomic E-state index is -0.887. The maximum absolute atomic E-state index is 13.0. The van der Waals surface area contributed by atoms with E-state index < -0.39 is 17.8 Å². The Morgan fingerprint density at radius 3 is 2.53 bits per heavy atom. The molecule has 1 saturated heterocycles. The SMILES string of the molecule is Cc1cccc(NC(=O)COc2ccc(/C=C3\C(=O)NC(=O)N(c4ccc(O)cc4)C3=O)cc2Br)c1. The van der Waals surface area contributed by atoms with Crippen molar-refractivity contribution in [2.24, 2.45) is 0 Å². The summed E-state index contributed by atoms with van der Waals surface area (Å²) in [4.78, 5) is 50.7. The monoisotopic (exact) mass is 549 g/mol. The number of carbonyl (C=O) groups excluding carboxylic acids is 4. The van der Waals surface area contributed by atoms with Crippen LogP contribution in [0.5, 0.6) is 11.5 Å². The zero-order chi connectivity index (χ0) is 25.8. The molecular weight excluding hydrogens is 530 g/mol. The van der Waals surface area contributed by atoms with E-state index in [1.165, 1.54) is 30.3 Å². The summed E-state index contributed by atoms with van der Waals surface area (Å²) in [5, 5.41) is 14.4. The van der Waals surface area contributed by atoms with E-state index in [1.807, 2.05) is 25.1 Å². The minimum absolute atomic E-state index is 0.0322. The fourth-order valence-electron chi connectivity index (χ4n) is 3.45. The van der Waals surface area contributed by atoms with Gasteiger partial charge in [0.05, 0.1) is 10.2 Å². The summed E-state index contributed by atoms with van der Waals surface area (Å²) >= 11 is 3.37. The molecule has 3 N–H and O–H groups in total. The number of rotatable bonds is 6. The Morgan fingerprint density at radius 1 is 1.08 bits per heavy atom. The fourth-order valence-corrected chi connectivity index (χ4v) is 3.96. The van der Waals surface area contributed by atoms with Gasteiger partial charge >= 0.3 is 6.03 Å². The molecule has 0 aromatic heterocycles. The Labute approximate surface area is 214 Å². The Morgan fingerprint density at radius 2 is 1.83 bits per heavy atom. The number of amides is 5. The van der Waals surface area contributed by atoms with Crippen molar-refractivity contribution in [1.82, 2.24) is 5.32 Å². The average molecular weight is 550 g/mol. The number of ether oxygens (including phenoxy) is 1. The van der Waals surface area contributed by atoms with Crippen LogP contribution >= 0.6 is 15.9 Å². The zero-order valence-corrected chi connectivity index (χ0v) is 20.5. The number of urea groups is 1. The smallest absolute Gasteiger partial charge is 0.335 e. The van der Waals surface area contributed by atoms with Crippen LogP contribution in [-0.2, 0) is 14.4 Å². The molecule has 36 heavy (non-hydrogen) atoms. The van der Waals surface area contributed by atoms with Gasteiger partial charge in [-0.05, 0) is 88.6 Å². The number of phenolic OH excluding ortho intramolecular Hbond substituents is 1. The third-order valence-corrected chi connectivity index (χ3v) is 5.76. The molecule has 0 spiro atoms. The van der Waals surface area contributed by atoms with Crippen molar-refractivity contribution in [2.45, 2.75) is 6.92 Å². The van der Waals surface area contributed by atoms with E-state index in [0.717, 1.165) is 10.5 Å². The zero-order valence-electron chi connectivity index (χ0n) is 18.9. The summed E-state index contributed by atoms with van der Waals surface area (Å²) in [6.07, 6.45) is 1.34. The van der Waals surface area contributed by atoms with Gasteiger partial charge in [-0.1, -0.05) is 18.2 Å². The Kier molecular flexibility index (Phi) is 7.16. The Bertz CT molecular complexity index is 1400. The molecule has 4 rings (SSSR count). The summed E-state index contributed by atoms with van der Waals surface area (Å²) in [7, 11) is 0.